The number of carbonyl (C=O) groups is 3. The van der Waals surface area contributed by atoms with Gasteiger partial charge >= 0.3 is 17.9 Å². The standard InChI is InChI=1S/C36H38O9/c1-8-25-18-26(12-13-29-30(38)10-9-11-31(29)44-35(40)22(4)5)33(45-36(41)23(6)7)20-32(25)42-15-14-24-16-27(37)19-28(17-24)43-34(39)21(2)3/h9-11,16-20,37-38H,2,4,6,8,12-15H2,1,3,5,7H3. The molecule has 3 aromatic rings. The molecule has 3 rings (SSSR count). The molecule has 0 aliphatic heterocycles. The average Bonchev–Trinajstić information content (AvgIpc) is 2.97. The molecule has 0 fully saturated rings. The molecule has 0 atom stereocenters. The van der Waals surface area contributed by atoms with Crippen LogP contribution in [0.15, 0.2) is 85.0 Å². The molecule has 0 amide bonds. The van der Waals surface area contributed by atoms with Gasteiger partial charge in [-0.25, -0.2) is 14.4 Å². The third-order valence-electron chi connectivity index (χ3n) is 6.64. The number of esters is 3. The zero-order valence-electron chi connectivity index (χ0n) is 26.0. The first-order chi connectivity index (χ1) is 21.3. The van der Waals surface area contributed by atoms with Gasteiger partial charge in [0.2, 0.25) is 0 Å². The molecule has 0 bridgehead atoms. The number of hydrogen-bond donors (Lipinski definition) is 2. The van der Waals surface area contributed by atoms with Crippen molar-refractivity contribution < 1.29 is 43.5 Å². The number of carbonyl (C=O) groups excluding carboxylic acids is 3. The summed E-state index contributed by atoms with van der Waals surface area (Å²) in [7, 11) is 0. The molecule has 0 saturated carbocycles. The highest BCUT2D eigenvalue weighted by Gasteiger charge is 2.19. The number of benzene rings is 3. The van der Waals surface area contributed by atoms with Crippen LogP contribution in [-0.4, -0.2) is 34.7 Å². The van der Waals surface area contributed by atoms with Crippen molar-refractivity contribution in [2.45, 2.75) is 53.4 Å². The third-order valence-corrected chi connectivity index (χ3v) is 6.64. The maximum Gasteiger partial charge on any atom is 0.338 e. The Hall–Kier alpha value is -5.31. The van der Waals surface area contributed by atoms with Gasteiger partial charge in [-0.1, -0.05) is 32.7 Å². The van der Waals surface area contributed by atoms with E-state index in [1.54, 1.807) is 37.3 Å². The first-order valence-corrected chi connectivity index (χ1v) is 14.3. The molecule has 3 aromatic carbocycles. The van der Waals surface area contributed by atoms with E-state index in [0.717, 1.165) is 5.56 Å². The molecule has 0 spiro atoms. The van der Waals surface area contributed by atoms with Crippen molar-refractivity contribution >= 4 is 17.9 Å². The molecular weight excluding hydrogens is 576 g/mol. The van der Waals surface area contributed by atoms with Crippen LogP contribution in [0.5, 0.6) is 34.5 Å². The maximum absolute atomic E-state index is 12.5. The van der Waals surface area contributed by atoms with Gasteiger partial charge in [0.15, 0.2) is 0 Å². The predicted molar refractivity (Wildman–Crippen MR) is 170 cm³/mol. The molecule has 0 radical (unpaired) electrons. The summed E-state index contributed by atoms with van der Waals surface area (Å²) in [6, 6.07) is 12.7. The van der Waals surface area contributed by atoms with E-state index in [-0.39, 0.29) is 58.5 Å². The summed E-state index contributed by atoms with van der Waals surface area (Å²) < 4.78 is 22.5. The van der Waals surface area contributed by atoms with Gasteiger partial charge in [0, 0.05) is 40.8 Å². The van der Waals surface area contributed by atoms with E-state index >= 15 is 0 Å². The Bertz CT molecular complexity index is 1650. The van der Waals surface area contributed by atoms with Crippen molar-refractivity contribution in [3.8, 4) is 34.5 Å². The lowest BCUT2D eigenvalue weighted by Gasteiger charge is -2.18. The molecule has 0 unspecified atom stereocenters. The molecule has 0 aliphatic rings. The number of phenolic OH excluding ortho intramolecular Hbond substituents is 2. The number of aromatic hydroxyl groups is 2. The SMILES string of the molecule is C=C(C)C(=O)Oc1cc(O)cc(CCOc2cc(OC(=O)C(=C)C)c(CCc3c(O)cccc3OC(=O)C(=C)C)cc2CC)c1. The summed E-state index contributed by atoms with van der Waals surface area (Å²) >= 11 is 0. The summed E-state index contributed by atoms with van der Waals surface area (Å²) in [5, 5.41) is 20.7. The molecule has 0 aliphatic carbocycles. The highest BCUT2D eigenvalue weighted by Crippen LogP contribution is 2.35. The fourth-order valence-electron chi connectivity index (χ4n) is 4.21. The zero-order valence-corrected chi connectivity index (χ0v) is 26.0. The van der Waals surface area contributed by atoms with Crippen LogP contribution in [0.1, 0.15) is 49.9 Å². The van der Waals surface area contributed by atoms with E-state index in [1.165, 1.54) is 26.0 Å². The quantitative estimate of drug-likeness (QED) is 0.119. The van der Waals surface area contributed by atoms with Crippen LogP contribution >= 0.6 is 0 Å². The van der Waals surface area contributed by atoms with E-state index in [2.05, 4.69) is 19.7 Å². The minimum Gasteiger partial charge on any atom is -0.508 e. The number of phenols is 2. The van der Waals surface area contributed by atoms with Gasteiger partial charge in [0.25, 0.3) is 0 Å². The van der Waals surface area contributed by atoms with E-state index in [4.69, 9.17) is 18.9 Å². The maximum atomic E-state index is 12.5. The number of aryl methyl sites for hydroxylation is 2. The Kier molecular flexibility index (Phi) is 11.7. The lowest BCUT2D eigenvalue weighted by molar-refractivity contribution is -0.131. The van der Waals surface area contributed by atoms with Gasteiger partial charge in [0.05, 0.1) is 6.61 Å². The van der Waals surface area contributed by atoms with E-state index in [9.17, 15) is 24.6 Å². The van der Waals surface area contributed by atoms with Gasteiger partial charge in [-0.05, 0) is 87.1 Å². The highest BCUT2D eigenvalue weighted by atomic mass is 16.5. The molecule has 0 heterocycles. The Morgan fingerprint density at radius 2 is 1.31 bits per heavy atom. The third kappa shape index (κ3) is 9.59. The molecule has 0 aromatic heterocycles. The van der Waals surface area contributed by atoms with E-state index < -0.39 is 17.9 Å². The van der Waals surface area contributed by atoms with Gasteiger partial charge in [0.1, 0.15) is 34.5 Å². The lowest BCUT2D eigenvalue weighted by Crippen LogP contribution is -2.12. The summed E-state index contributed by atoms with van der Waals surface area (Å²) in [5.41, 5.74) is 3.27. The average molecular weight is 615 g/mol. The first kappa shape index (κ1) is 34.2. The van der Waals surface area contributed by atoms with Crippen LogP contribution in [0.25, 0.3) is 0 Å². The second-order valence-electron chi connectivity index (χ2n) is 10.6. The number of ether oxygens (including phenoxy) is 4. The molecule has 2 N–H and O–H groups in total. The molecule has 9 heteroatoms. The summed E-state index contributed by atoms with van der Waals surface area (Å²) in [6.07, 6.45) is 1.57. The van der Waals surface area contributed by atoms with Crippen molar-refractivity contribution in [2.24, 2.45) is 0 Å². The van der Waals surface area contributed by atoms with Crippen LogP contribution in [-0.2, 0) is 40.1 Å². The van der Waals surface area contributed by atoms with Crippen molar-refractivity contribution in [1.82, 2.24) is 0 Å². The topological polar surface area (TPSA) is 129 Å². The van der Waals surface area contributed by atoms with Crippen LogP contribution < -0.4 is 18.9 Å². The van der Waals surface area contributed by atoms with Gasteiger partial charge in [-0.2, -0.15) is 0 Å². The van der Waals surface area contributed by atoms with Crippen molar-refractivity contribution in [3.05, 3.63) is 107 Å². The lowest BCUT2D eigenvalue weighted by atomic mass is 9.99. The Balaban J connectivity index is 1.86. The van der Waals surface area contributed by atoms with Gasteiger partial charge < -0.3 is 29.2 Å². The fraction of sp³-hybridized carbons (Fsp3) is 0.250. The first-order valence-electron chi connectivity index (χ1n) is 14.3. The smallest absolute Gasteiger partial charge is 0.338 e. The van der Waals surface area contributed by atoms with Gasteiger partial charge in [-0.3, -0.25) is 0 Å². The second-order valence-corrected chi connectivity index (χ2v) is 10.6. The van der Waals surface area contributed by atoms with Gasteiger partial charge in [-0.15, -0.1) is 0 Å². The van der Waals surface area contributed by atoms with E-state index in [1.807, 2.05) is 13.0 Å². The van der Waals surface area contributed by atoms with Crippen LogP contribution in [0.4, 0.5) is 0 Å². The monoisotopic (exact) mass is 614 g/mol. The number of rotatable bonds is 14. The Labute approximate surface area is 263 Å². The highest BCUT2D eigenvalue weighted by molar-refractivity contribution is 5.90. The minimum atomic E-state index is -0.610. The number of hydrogen-bond acceptors (Lipinski definition) is 9. The predicted octanol–water partition coefficient (Wildman–Crippen LogP) is 6.51. The molecule has 0 saturated heterocycles. The summed E-state index contributed by atoms with van der Waals surface area (Å²) in [6.45, 7) is 17.6. The molecule has 9 nitrogen and oxygen atoms in total. The molecule has 45 heavy (non-hydrogen) atoms. The minimum absolute atomic E-state index is 0.0392. The molecule has 236 valence electrons. The van der Waals surface area contributed by atoms with Crippen molar-refractivity contribution in [2.75, 3.05) is 6.61 Å². The Morgan fingerprint density at radius 1 is 0.689 bits per heavy atom. The van der Waals surface area contributed by atoms with Crippen molar-refractivity contribution in [1.29, 1.82) is 0 Å². The Morgan fingerprint density at radius 3 is 1.93 bits per heavy atom. The van der Waals surface area contributed by atoms with Crippen LogP contribution in [0, 0.1) is 0 Å². The second kappa shape index (κ2) is 15.4. The largest absolute Gasteiger partial charge is 0.508 e. The summed E-state index contributed by atoms with van der Waals surface area (Å²) in [4.78, 5) is 36.6. The normalized spacial score (nSPS) is 10.5. The van der Waals surface area contributed by atoms with Crippen LogP contribution in [0.2, 0.25) is 0 Å². The summed E-state index contributed by atoms with van der Waals surface area (Å²) in [5.74, 6) is -0.760. The van der Waals surface area contributed by atoms with Crippen LogP contribution in [0.3, 0.4) is 0 Å². The van der Waals surface area contributed by atoms with Crippen molar-refractivity contribution in [3.63, 3.8) is 0 Å². The zero-order chi connectivity index (χ0) is 33.3. The molecular formula is C36H38O9. The fourth-order valence-corrected chi connectivity index (χ4v) is 4.21. The van der Waals surface area contributed by atoms with E-state index in [0.29, 0.717) is 41.7 Å².